The molecule has 114 valence electrons. The number of aromatic nitrogens is 2. The second-order valence-electron chi connectivity index (χ2n) is 6.97. The van der Waals surface area contributed by atoms with Gasteiger partial charge in [-0.2, -0.15) is 0 Å². The van der Waals surface area contributed by atoms with E-state index < -0.39 is 0 Å². The van der Waals surface area contributed by atoms with Crippen LogP contribution < -0.4 is 5.32 Å². The van der Waals surface area contributed by atoms with Crippen LogP contribution in [-0.2, 0) is 11.3 Å². The minimum absolute atomic E-state index is 0.322. The summed E-state index contributed by atoms with van der Waals surface area (Å²) in [6.45, 7) is 15.9. The van der Waals surface area contributed by atoms with E-state index in [9.17, 15) is 0 Å². The molecule has 1 heterocycles. The molecule has 4 nitrogen and oxygen atoms in total. The van der Waals surface area contributed by atoms with Crippen LogP contribution in [0.3, 0.4) is 0 Å². The molecule has 0 saturated heterocycles. The minimum atomic E-state index is 0.322. The number of hydrogen-bond donors (Lipinski definition) is 1. The molecule has 1 aromatic rings. The highest BCUT2D eigenvalue weighted by molar-refractivity contribution is 5.38. The van der Waals surface area contributed by atoms with Gasteiger partial charge in [-0.25, -0.2) is 4.98 Å². The highest BCUT2D eigenvalue weighted by atomic mass is 16.5. The predicted octanol–water partition coefficient (Wildman–Crippen LogP) is 3.46. The zero-order chi connectivity index (χ0) is 15.0. The number of ether oxygens (including phenoxy) is 1. The van der Waals surface area contributed by atoms with Crippen LogP contribution in [0.2, 0.25) is 0 Å². The van der Waals surface area contributed by atoms with Crippen LogP contribution in [-0.4, -0.2) is 28.8 Å². The molecule has 0 aromatic carbocycles. The summed E-state index contributed by atoms with van der Waals surface area (Å²) in [5.41, 5.74) is 1.71. The molecule has 1 fully saturated rings. The number of rotatable bonds is 7. The van der Waals surface area contributed by atoms with E-state index in [0.29, 0.717) is 16.9 Å². The van der Waals surface area contributed by atoms with Gasteiger partial charge in [-0.05, 0) is 31.1 Å². The third-order valence-corrected chi connectivity index (χ3v) is 5.08. The summed E-state index contributed by atoms with van der Waals surface area (Å²) in [5.74, 6) is 1.00. The SMILES string of the molecule is CCOCCCn1cc(C)nc1NC1C(C)(C)C1(C)C. The van der Waals surface area contributed by atoms with Crippen molar-refractivity contribution in [3.8, 4) is 0 Å². The maximum absolute atomic E-state index is 5.41. The lowest BCUT2D eigenvalue weighted by Gasteiger charge is -2.11. The Kier molecular flexibility index (Phi) is 4.14. The Bertz CT molecular complexity index is 448. The molecule has 2 rings (SSSR count). The fourth-order valence-electron chi connectivity index (χ4n) is 3.00. The van der Waals surface area contributed by atoms with E-state index in [1.54, 1.807) is 0 Å². The number of hydrogen-bond acceptors (Lipinski definition) is 3. The third-order valence-electron chi connectivity index (χ3n) is 5.08. The molecule has 0 unspecified atom stereocenters. The summed E-state index contributed by atoms with van der Waals surface area (Å²) in [6.07, 6.45) is 3.15. The van der Waals surface area contributed by atoms with E-state index in [2.05, 4.69) is 48.8 Å². The number of aryl methyl sites for hydroxylation is 2. The molecule has 1 aliphatic rings. The van der Waals surface area contributed by atoms with Crippen molar-refractivity contribution in [3.05, 3.63) is 11.9 Å². The smallest absolute Gasteiger partial charge is 0.203 e. The second kappa shape index (κ2) is 5.40. The molecule has 4 heteroatoms. The average molecular weight is 279 g/mol. The van der Waals surface area contributed by atoms with Gasteiger partial charge in [-0.15, -0.1) is 0 Å². The van der Waals surface area contributed by atoms with Crippen molar-refractivity contribution < 1.29 is 4.74 Å². The van der Waals surface area contributed by atoms with Crippen LogP contribution in [0.25, 0.3) is 0 Å². The third kappa shape index (κ3) is 2.71. The lowest BCUT2D eigenvalue weighted by molar-refractivity contribution is 0.142. The fourth-order valence-corrected chi connectivity index (χ4v) is 3.00. The molecule has 1 aromatic heterocycles. The molecule has 0 aliphatic heterocycles. The number of nitrogens with one attached hydrogen (secondary N) is 1. The highest BCUT2D eigenvalue weighted by Crippen LogP contribution is 2.63. The molecule has 0 bridgehead atoms. The summed E-state index contributed by atoms with van der Waals surface area (Å²) in [6, 6.07) is 0.488. The van der Waals surface area contributed by atoms with Gasteiger partial charge in [0, 0.05) is 32.0 Å². The minimum Gasteiger partial charge on any atom is -0.382 e. The van der Waals surface area contributed by atoms with Crippen molar-refractivity contribution in [2.45, 2.75) is 60.5 Å². The first-order chi connectivity index (χ1) is 9.30. The van der Waals surface area contributed by atoms with E-state index in [0.717, 1.165) is 37.8 Å². The normalized spacial score (nSPS) is 20.1. The Morgan fingerprint density at radius 3 is 2.50 bits per heavy atom. The van der Waals surface area contributed by atoms with E-state index >= 15 is 0 Å². The van der Waals surface area contributed by atoms with Gasteiger partial charge < -0.3 is 14.6 Å². The van der Waals surface area contributed by atoms with Crippen LogP contribution in [0.15, 0.2) is 6.20 Å². The number of imidazole rings is 1. The Labute approximate surface area is 122 Å². The van der Waals surface area contributed by atoms with E-state index in [1.807, 2.05) is 13.8 Å². The second-order valence-corrected chi connectivity index (χ2v) is 6.97. The van der Waals surface area contributed by atoms with Gasteiger partial charge in [0.2, 0.25) is 5.95 Å². The summed E-state index contributed by atoms with van der Waals surface area (Å²) in [5, 5.41) is 3.64. The first-order valence-electron chi connectivity index (χ1n) is 7.68. The van der Waals surface area contributed by atoms with E-state index in [-0.39, 0.29) is 0 Å². The largest absolute Gasteiger partial charge is 0.382 e. The van der Waals surface area contributed by atoms with Crippen molar-refractivity contribution in [2.75, 3.05) is 18.5 Å². The summed E-state index contributed by atoms with van der Waals surface area (Å²) >= 11 is 0. The molecule has 1 N–H and O–H groups in total. The van der Waals surface area contributed by atoms with Crippen molar-refractivity contribution in [2.24, 2.45) is 10.8 Å². The maximum Gasteiger partial charge on any atom is 0.203 e. The molecular weight excluding hydrogens is 250 g/mol. The van der Waals surface area contributed by atoms with Crippen LogP contribution in [0.1, 0.15) is 46.7 Å². The molecule has 0 spiro atoms. The van der Waals surface area contributed by atoms with Crippen LogP contribution in [0.4, 0.5) is 5.95 Å². The lowest BCUT2D eigenvalue weighted by Crippen LogP contribution is -2.15. The van der Waals surface area contributed by atoms with E-state index in [1.165, 1.54) is 0 Å². The van der Waals surface area contributed by atoms with Crippen LogP contribution in [0, 0.1) is 17.8 Å². The molecule has 0 atom stereocenters. The lowest BCUT2D eigenvalue weighted by atomic mass is 10.0. The zero-order valence-electron chi connectivity index (χ0n) is 13.8. The predicted molar refractivity (Wildman–Crippen MR) is 83.0 cm³/mol. The average Bonchev–Trinajstić information content (AvgIpc) is 2.65. The van der Waals surface area contributed by atoms with Crippen molar-refractivity contribution >= 4 is 5.95 Å². The topological polar surface area (TPSA) is 39.1 Å². The summed E-state index contributed by atoms with van der Waals surface area (Å²) < 4.78 is 7.63. The zero-order valence-corrected chi connectivity index (χ0v) is 13.8. The first kappa shape index (κ1) is 15.4. The summed E-state index contributed by atoms with van der Waals surface area (Å²) in [7, 11) is 0. The van der Waals surface area contributed by atoms with E-state index in [4.69, 9.17) is 4.74 Å². The van der Waals surface area contributed by atoms with Gasteiger partial charge in [0.05, 0.1) is 5.69 Å². The van der Waals surface area contributed by atoms with Crippen molar-refractivity contribution in [3.63, 3.8) is 0 Å². The Balaban J connectivity index is 1.98. The Morgan fingerprint density at radius 1 is 1.30 bits per heavy atom. The van der Waals surface area contributed by atoms with Crippen LogP contribution in [0.5, 0.6) is 0 Å². The Morgan fingerprint density at radius 2 is 1.95 bits per heavy atom. The molecule has 0 radical (unpaired) electrons. The number of nitrogens with zero attached hydrogens (tertiary/aromatic N) is 2. The van der Waals surface area contributed by atoms with Gasteiger partial charge in [-0.3, -0.25) is 0 Å². The Hall–Kier alpha value is -1.03. The fraction of sp³-hybridized carbons (Fsp3) is 0.812. The van der Waals surface area contributed by atoms with Crippen molar-refractivity contribution in [1.29, 1.82) is 0 Å². The maximum atomic E-state index is 5.41. The van der Waals surface area contributed by atoms with Gasteiger partial charge in [-0.1, -0.05) is 27.7 Å². The molecule has 0 amide bonds. The van der Waals surface area contributed by atoms with Gasteiger partial charge in [0.1, 0.15) is 0 Å². The van der Waals surface area contributed by atoms with Gasteiger partial charge >= 0.3 is 0 Å². The molecule has 1 aliphatic carbocycles. The highest BCUT2D eigenvalue weighted by Gasteiger charge is 2.65. The molecular formula is C16H29N3O. The molecule has 1 saturated carbocycles. The van der Waals surface area contributed by atoms with Gasteiger partial charge in [0.15, 0.2) is 0 Å². The quantitative estimate of drug-likeness (QED) is 0.777. The first-order valence-corrected chi connectivity index (χ1v) is 7.68. The number of anilines is 1. The molecule has 20 heavy (non-hydrogen) atoms. The van der Waals surface area contributed by atoms with Crippen LogP contribution >= 0.6 is 0 Å². The standard InChI is InChI=1S/C16H29N3O/c1-7-20-10-8-9-19-11-12(2)17-14(19)18-13-15(3,4)16(13,5)6/h11,13H,7-10H2,1-6H3,(H,17,18). The van der Waals surface area contributed by atoms with Gasteiger partial charge in [0.25, 0.3) is 0 Å². The summed E-state index contributed by atoms with van der Waals surface area (Å²) in [4.78, 5) is 4.63. The van der Waals surface area contributed by atoms with Crippen molar-refractivity contribution in [1.82, 2.24) is 9.55 Å². The monoisotopic (exact) mass is 279 g/mol.